The van der Waals surface area contributed by atoms with Crippen molar-refractivity contribution >= 4 is 52.6 Å². The summed E-state index contributed by atoms with van der Waals surface area (Å²) < 4.78 is 21.6. The second kappa shape index (κ2) is 7.38. The molecule has 2 heterocycles. The summed E-state index contributed by atoms with van der Waals surface area (Å²) in [5.74, 6) is 0.446. The maximum atomic E-state index is 12.9. The Morgan fingerprint density at radius 3 is 2.62 bits per heavy atom. The molecule has 0 saturated carbocycles. The van der Waals surface area contributed by atoms with Crippen LogP contribution >= 0.6 is 23.9 Å². The summed E-state index contributed by atoms with van der Waals surface area (Å²) in [6.07, 6.45) is 0.0140. The van der Waals surface area contributed by atoms with Gasteiger partial charge in [-0.1, -0.05) is 26.0 Å². The van der Waals surface area contributed by atoms with Crippen LogP contribution in [0.1, 0.15) is 39.1 Å². The number of anilines is 1. The molecule has 1 fully saturated rings. The van der Waals surface area contributed by atoms with E-state index in [0.29, 0.717) is 17.1 Å². The Kier molecular flexibility index (Phi) is 5.17. The molecular formula is C20H22BFN4OS2. The van der Waals surface area contributed by atoms with Crippen LogP contribution in [0.3, 0.4) is 0 Å². The first kappa shape index (κ1) is 20.3. The van der Waals surface area contributed by atoms with Crippen molar-refractivity contribution in [1.82, 2.24) is 9.97 Å². The van der Waals surface area contributed by atoms with Gasteiger partial charge in [-0.15, -0.1) is 15.5 Å². The third-order valence-electron chi connectivity index (χ3n) is 5.82. The van der Waals surface area contributed by atoms with E-state index >= 15 is 0 Å². The molecular weight excluding hydrogens is 406 g/mol. The molecule has 0 aliphatic carbocycles. The minimum absolute atomic E-state index is 0.00971. The molecule has 1 aromatic heterocycles. The van der Waals surface area contributed by atoms with Gasteiger partial charge in [0.1, 0.15) is 5.71 Å². The van der Waals surface area contributed by atoms with Crippen LogP contribution in [0.2, 0.25) is 5.31 Å². The predicted octanol–water partition coefficient (Wildman–Crippen LogP) is 6.09. The Bertz CT molecular complexity index is 1050. The van der Waals surface area contributed by atoms with E-state index in [0.717, 1.165) is 15.9 Å². The Hall–Kier alpha value is -1.97. The van der Waals surface area contributed by atoms with Crippen molar-refractivity contribution in [2.75, 3.05) is 4.72 Å². The zero-order valence-corrected chi connectivity index (χ0v) is 18.3. The number of nitrogens with one attached hydrogen (secondary N) is 3. The number of rotatable bonds is 6. The Morgan fingerprint density at radius 2 is 1.97 bits per heavy atom. The van der Waals surface area contributed by atoms with E-state index in [2.05, 4.69) is 42.4 Å². The molecule has 0 unspecified atom stereocenters. The molecule has 150 valence electrons. The van der Waals surface area contributed by atoms with Crippen molar-refractivity contribution in [1.29, 1.82) is 5.41 Å². The number of aromatic nitrogens is 2. The summed E-state index contributed by atoms with van der Waals surface area (Å²) in [5, 5.41) is 8.71. The van der Waals surface area contributed by atoms with Crippen molar-refractivity contribution in [2.45, 2.75) is 43.5 Å². The van der Waals surface area contributed by atoms with E-state index in [1.165, 1.54) is 0 Å². The lowest BCUT2D eigenvalue weighted by Crippen LogP contribution is -2.59. The highest BCUT2D eigenvalue weighted by molar-refractivity contribution is 8.25. The first-order valence-corrected chi connectivity index (χ1v) is 10.9. The van der Waals surface area contributed by atoms with Crippen molar-refractivity contribution in [3.8, 4) is 0 Å². The molecule has 1 saturated heterocycles. The maximum absolute atomic E-state index is 12.9. The molecule has 1 aliphatic rings. The number of hydrogen-bond acceptors (Lipinski definition) is 6. The number of halogens is 1. The van der Waals surface area contributed by atoms with Gasteiger partial charge in [-0.25, -0.2) is 4.98 Å². The van der Waals surface area contributed by atoms with Gasteiger partial charge < -0.3 is 14.4 Å². The lowest BCUT2D eigenvalue weighted by atomic mass is 9.49. The first-order chi connectivity index (χ1) is 13.7. The van der Waals surface area contributed by atoms with Crippen LogP contribution < -0.4 is 4.72 Å². The molecule has 0 spiro atoms. The van der Waals surface area contributed by atoms with E-state index in [4.69, 9.17) is 10.1 Å². The van der Waals surface area contributed by atoms with Gasteiger partial charge in [0.25, 0.3) is 0 Å². The van der Waals surface area contributed by atoms with Gasteiger partial charge in [0.15, 0.2) is 18.2 Å². The average molecular weight is 428 g/mol. The third-order valence-corrected chi connectivity index (χ3v) is 7.54. The summed E-state index contributed by atoms with van der Waals surface area (Å²) in [4.78, 5) is 8.65. The van der Waals surface area contributed by atoms with Gasteiger partial charge in [0.2, 0.25) is 0 Å². The third kappa shape index (κ3) is 3.56. The van der Waals surface area contributed by atoms with Crippen LogP contribution in [-0.2, 0) is 4.65 Å². The summed E-state index contributed by atoms with van der Waals surface area (Å²) in [7, 11) is 0. The average Bonchev–Trinajstić information content (AvgIpc) is 3.12. The van der Waals surface area contributed by atoms with Crippen molar-refractivity contribution in [2.24, 2.45) is 0 Å². The van der Waals surface area contributed by atoms with Gasteiger partial charge in [0, 0.05) is 21.4 Å². The molecule has 0 amide bonds. The standard InChI is InChI=1S/C20H22BFN4OS2/c1-19(2)20(3,4)27-21(19)28-12-9-10-14(26-29-22)13(11-12)17(23)18-24-15-7-5-6-8-16(15)25-18/h5-11,23,26H,1-4H3,(H,24,25). The summed E-state index contributed by atoms with van der Waals surface area (Å²) in [5.41, 5.74) is 2.78. The fourth-order valence-electron chi connectivity index (χ4n) is 3.22. The van der Waals surface area contributed by atoms with Gasteiger partial charge in [-0.2, -0.15) is 0 Å². The first-order valence-electron chi connectivity index (χ1n) is 9.29. The molecule has 9 heteroatoms. The number of H-pyrrole nitrogens is 1. The number of imidazole rings is 1. The number of hydrogen-bond donors (Lipinski definition) is 3. The Labute approximate surface area is 178 Å². The van der Waals surface area contributed by atoms with E-state index in [9.17, 15) is 3.89 Å². The normalized spacial score (nSPS) is 17.2. The molecule has 0 bridgehead atoms. The molecule has 1 aliphatic heterocycles. The molecule has 29 heavy (non-hydrogen) atoms. The number of benzene rings is 2. The number of fused-ring (bicyclic) bond motifs is 1. The molecule has 3 N–H and O–H groups in total. The van der Waals surface area contributed by atoms with Crippen LogP contribution in [-0.4, -0.2) is 27.5 Å². The molecule has 0 atom stereocenters. The molecule has 4 rings (SSSR count). The van der Waals surface area contributed by atoms with Crippen molar-refractivity contribution in [3.63, 3.8) is 0 Å². The minimum atomic E-state index is -0.180. The van der Waals surface area contributed by atoms with Crippen LogP contribution in [0, 0.1) is 5.41 Å². The fourth-order valence-corrected chi connectivity index (χ4v) is 4.93. The lowest BCUT2D eigenvalue weighted by molar-refractivity contribution is -0.00482. The Morgan fingerprint density at radius 1 is 1.21 bits per heavy atom. The van der Waals surface area contributed by atoms with Gasteiger partial charge in [-0.3, -0.25) is 5.41 Å². The number of para-hydroxylation sites is 2. The zero-order chi connectivity index (χ0) is 20.8. The highest BCUT2D eigenvalue weighted by atomic mass is 32.2. The van der Waals surface area contributed by atoms with Crippen LogP contribution in [0.5, 0.6) is 0 Å². The zero-order valence-electron chi connectivity index (χ0n) is 16.7. The highest BCUT2D eigenvalue weighted by Crippen LogP contribution is 2.58. The van der Waals surface area contributed by atoms with Crippen LogP contribution in [0.25, 0.3) is 11.0 Å². The second-order valence-corrected chi connectivity index (χ2v) is 9.66. The smallest absolute Gasteiger partial charge is 0.375 e. The van der Waals surface area contributed by atoms with Crippen molar-refractivity contribution in [3.05, 3.63) is 53.9 Å². The van der Waals surface area contributed by atoms with Crippen LogP contribution in [0.4, 0.5) is 9.57 Å². The summed E-state index contributed by atoms with van der Waals surface area (Å²) in [6, 6.07) is 13.2. The second-order valence-electron chi connectivity index (χ2n) is 8.16. The number of aromatic amines is 1. The molecule has 2 aromatic carbocycles. The largest absolute Gasteiger partial charge is 0.420 e. The van der Waals surface area contributed by atoms with Gasteiger partial charge in [-0.05, 0) is 44.2 Å². The topological polar surface area (TPSA) is 73.8 Å². The summed E-state index contributed by atoms with van der Waals surface area (Å²) in [6.45, 7) is 8.58. The van der Waals surface area contributed by atoms with E-state index in [-0.39, 0.29) is 35.2 Å². The lowest BCUT2D eigenvalue weighted by Gasteiger charge is -2.56. The SMILES string of the molecule is CC1(C)OB(Sc2ccc(NSF)c(C(=N)c3nc4ccccc4[nH]3)c2)C1(C)C. The molecule has 0 radical (unpaired) electrons. The molecule has 3 aromatic rings. The maximum Gasteiger partial charge on any atom is 0.375 e. The predicted molar refractivity (Wildman–Crippen MR) is 122 cm³/mol. The van der Waals surface area contributed by atoms with E-state index < -0.39 is 0 Å². The minimum Gasteiger partial charge on any atom is -0.420 e. The highest BCUT2D eigenvalue weighted by Gasteiger charge is 2.59. The van der Waals surface area contributed by atoms with Gasteiger partial charge >= 0.3 is 6.19 Å². The van der Waals surface area contributed by atoms with Crippen molar-refractivity contribution < 1.29 is 8.54 Å². The fraction of sp³-hybridized carbons (Fsp3) is 0.300. The summed E-state index contributed by atoms with van der Waals surface area (Å²) >= 11 is 1.63. The molecule has 5 nitrogen and oxygen atoms in total. The Balaban J connectivity index is 1.66. The van der Waals surface area contributed by atoms with Crippen LogP contribution in [0.15, 0.2) is 47.4 Å². The van der Waals surface area contributed by atoms with E-state index in [1.807, 2.05) is 36.4 Å². The van der Waals surface area contributed by atoms with Gasteiger partial charge in [0.05, 0.1) is 16.7 Å². The van der Waals surface area contributed by atoms with E-state index in [1.54, 1.807) is 17.7 Å². The monoisotopic (exact) mass is 428 g/mol. The quantitative estimate of drug-likeness (QED) is 0.252. The number of nitrogens with zero attached hydrogens (tertiary/aromatic N) is 1.